The molecule has 2 aromatic carbocycles. The number of halogens is 2. The molecule has 0 saturated heterocycles. The number of ether oxygens (including phenoxy) is 4. The molecular formula is C32H27F2N3O6. The number of methoxy groups -OCH3 is 3. The van der Waals surface area contributed by atoms with Crippen molar-refractivity contribution < 1.29 is 32.5 Å². The quantitative estimate of drug-likeness (QED) is 0.193. The average molecular weight is 588 g/mol. The van der Waals surface area contributed by atoms with Gasteiger partial charge in [-0.2, -0.15) is 0 Å². The maximum absolute atomic E-state index is 15.2. The molecule has 0 saturated carbocycles. The van der Waals surface area contributed by atoms with E-state index in [1.807, 2.05) is 0 Å². The van der Waals surface area contributed by atoms with E-state index in [0.29, 0.717) is 33.6 Å². The summed E-state index contributed by atoms with van der Waals surface area (Å²) in [5.41, 5.74) is 1.73. The molecule has 5 rings (SSSR count). The van der Waals surface area contributed by atoms with Gasteiger partial charge in [-0.15, -0.1) is 0 Å². The topological polar surface area (TPSA) is 102 Å². The van der Waals surface area contributed by atoms with Crippen molar-refractivity contribution in [1.82, 2.24) is 14.5 Å². The molecule has 0 aliphatic rings. The third kappa shape index (κ3) is 5.93. The zero-order chi connectivity index (χ0) is 30.7. The summed E-state index contributed by atoms with van der Waals surface area (Å²) < 4.78 is 52.1. The van der Waals surface area contributed by atoms with E-state index in [1.54, 1.807) is 29.8 Å². The molecule has 0 bridgehead atoms. The lowest BCUT2D eigenvalue weighted by Crippen LogP contribution is -2.24. The zero-order valence-electron chi connectivity index (χ0n) is 23.8. The van der Waals surface area contributed by atoms with E-state index in [-0.39, 0.29) is 41.5 Å². The van der Waals surface area contributed by atoms with Crippen LogP contribution in [-0.2, 0) is 24.8 Å². The third-order valence-corrected chi connectivity index (χ3v) is 6.82. The predicted octanol–water partition coefficient (Wildman–Crippen LogP) is 5.66. The maximum Gasteiger partial charge on any atom is 0.257 e. The summed E-state index contributed by atoms with van der Waals surface area (Å²) in [5.74, 6) is -0.944. The monoisotopic (exact) mass is 587 g/mol. The molecule has 0 unspecified atom stereocenters. The molecule has 0 fully saturated rings. The Morgan fingerprint density at radius 3 is 2.37 bits per heavy atom. The molecule has 0 aliphatic heterocycles. The van der Waals surface area contributed by atoms with Crippen LogP contribution in [-0.4, -0.2) is 41.6 Å². The number of fused-ring (bicyclic) bond motifs is 1. The summed E-state index contributed by atoms with van der Waals surface area (Å²) in [4.78, 5) is 35.5. The lowest BCUT2D eigenvalue weighted by molar-refractivity contribution is 0.0991. The first kappa shape index (κ1) is 29.3. The number of pyridine rings is 3. The molecule has 5 aromatic rings. The van der Waals surface area contributed by atoms with E-state index in [4.69, 9.17) is 18.9 Å². The van der Waals surface area contributed by atoms with Gasteiger partial charge < -0.3 is 23.5 Å². The van der Waals surface area contributed by atoms with Crippen LogP contribution in [0.1, 0.15) is 21.6 Å². The number of aryl methyl sites for hydroxylation is 1. The first-order chi connectivity index (χ1) is 20.7. The van der Waals surface area contributed by atoms with Gasteiger partial charge in [-0.05, 0) is 35.4 Å². The van der Waals surface area contributed by atoms with Crippen molar-refractivity contribution in [3.63, 3.8) is 0 Å². The van der Waals surface area contributed by atoms with Gasteiger partial charge in [-0.1, -0.05) is 18.2 Å². The second-order valence-corrected chi connectivity index (χ2v) is 9.59. The minimum Gasteiger partial charge on any atom is -0.491 e. The molecule has 0 atom stereocenters. The average Bonchev–Trinajstić information content (AvgIpc) is 3.00. The summed E-state index contributed by atoms with van der Waals surface area (Å²) in [6.45, 7) is 0.0994. The van der Waals surface area contributed by atoms with Crippen molar-refractivity contribution in [2.45, 2.75) is 13.0 Å². The highest BCUT2D eigenvalue weighted by molar-refractivity contribution is 5.98. The van der Waals surface area contributed by atoms with E-state index in [1.165, 1.54) is 70.1 Å². The Morgan fingerprint density at radius 2 is 1.70 bits per heavy atom. The van der Waals surface area contributed by atoms with Crippen LogP contribution < -0.4 is 19.6 Å². The summed E-state index contributed by atoms with van der Waals surface area (Å²) >= 11 is 0. The largest absolute Gasteiger partial charge is 0.491 e. The number of hydrogen-bond acceptors (Lipinski definition) is 8. The minimum absolute atomic E-state index is 0.0823. The zero-order valence-corrected chi connectivity index (χ0v) is 23.8. The summed E-state index contributed by atoms with van der Waals surface area (Å²) in [7, 11) is 6.10. The molecule has 3 aromatic heterocycles. The van der Waals surface area contributed by atoms with E-state index in [2.05, 4.69) is 9.97 Å². The van der Waals surface area contributed by atoms with Gasteiger partial charge in [0.05, 0.1) is 43.2 Å². The highest BCUT2D eigenvalue weighted by atomic mass is 19.1. The number of ketones is 1. The molecule has 0 radical (unpaired) electrons. The van der Waals surface area contributed by atoms with E-state index in [9.17, 15) is 14.0 Å². The van der Waals surface area contributed by atoms with Gasteiger partial charge in [0.25, 0.3) is 5.88 Å². The smallest absolute Gasteiger partial charge is 0.257 e. The van der Waals surface area contributed by atoms with Gasteiger partial charge in [0.1, 0.15) is 11.3 Å². The first-order valence-corrected chi connectivity index (χ1v) is 13.1. The van der Waals surface area contributed by atoms with Gasteiger partial charge in [-0.25, -0.2) is 13.8 Å². The van der Waals surface area contributed by atoms with Crippen LogP contribution in [0.3, 0.4) is 0 Å². The van der Waals surface area contributed by atoms with Gasteiger partial charge in [0.2, 0.25) is 5.43 Å². The van der Waals surface area contributed by atoms with Crippen LogP contribution in [0, 0.1) is 11.6 Å². The third-order valence-electron chi connectivity index (χ3n) is 6.82. The highest BCUT2D eigenvalue weighted by Crippen LogP contribution is 2.35. The fourth-order valence-corrected chi connectivity index (χ4v) is 4.72. The minimum atomic E-state index is -0.717. The Balaban J connectivity index is 1.43. The summed E-state index contributed by atoms with van der Waals surface area (Å²) in [5, 5.41) is 0. The van der Waals surface area contributed by atoms with Crippen molar-refractivity contribution in [1.29, 1.82) is 0 Å². The fourth-order valence-electron chi connectivity index (χ4n) is 4.72. The van der Waals surface area contributed by atoms with Crippen LogP contribution >= 0.6 is 0 Å². The number of carbonyl (C=O) groups excluding carboxylic acids is 1. The van der Waals surface area contributed by atoms with Crippen LogP contribution in [0.5, 0.6) is 23.1 Å². The van der Waals surface area contributed by atoms with Crippen molar-refractivity contribution in [2.24, 2.45) is 7.05 Å². The standard InChI is InChI=1S/C32H27F2N3O6/c1-37-16-21(31(39)29(24(37)17-40-2)19-6-8-20(33)9-7-19)25(38)14-18-5-10-26(22(34)13-18)43-27-11-12-35-23-15-28(41-3)32(42-4)36-30(23)27/h5-13,15-16H,14,17H2,1-4H3. The molecule has 3 heterocycles. The number of carbonyl (C=O) groups is 1. The van der Waals surface area contributed by atoms with Crippen LogP contribution in [0.15, 0.2) is 71.8 Å². The molecule has 0 spiro atoms. The molecule has 9 nitrogen and oxygen atoms in total. The normalized spacial score (nSPS) is 11.0. The van der Waals surface area contributed by atoms with Gasteiger partial charge in [-0.3, -0.25) is 14.6 Å². The van der Waals surface area contributed by atoms with Gasteiger partial charge in [0.15, 0.2) is 28.8 Å². The Morgan fingerprint density at radius 1 is 0.930 bits per heavy atom. The Labute approximate surface area is 245 Å². The lowest BCUT2D eigenvalue weighted by atomic mass is 9.97. The highest BCUT2D eigenvalue weighted by Gasteiger charge is 2.21. The molecule has 0 amide bonds. The van der Waals surface area contributed by atoms with Crippen molar-refractivity contribution in [3.8, 4) is 34.3 Å². The maximum atomic E-state index is 15.2. The molecule has 0 N–H and O–H groups in total. The molecular weight excluding hydrogens is 560 g/mol. The Bertz CT molecular complexity index is 1890. The SMILES string of the molecule is COCc1c(-c2ccc(F)cc2)c(=O)c(C(=O)Cc2ccc(Oc3ccnc4cc(OC)c(OC)nc34)c(F)c2)cn1C. The number of rotatable bonds is 10. The number of aromatic nitrogens is 3. The molecule has 0 aliphatic carbocycles. The molecule has 11 heteroatoms. The lowest BCUT2D eigenvalue weighted by Gasteiger charge is -2.16. The number of Topliss-reactive ketones (excluding diaryl/α,β-unsaturated/α-hetero) is 1. The Kier molecular flexibility index (Phi) is 8.44. The van der Waals surface area contributed by atoms with Crippen molar-refractivity contribution >= 4 is 16.8 Å². The number of hydrogen-bond donors (Lipinski definition) is 0. The predicted molar refractivity (Wildman–Crippen MR) is 155 cm³/mol. The van der Waals surface area contributed by atoms with Crippen molar-refractivity contribution in [3.05, 3.63) is 106 Å². The van der Waals surface area contributed by atoms with Crippen LogP contribution in [0.25, 0.3) is 22.2 Å². The summed E-state index contributed by atoms with van der Waals surface area (Å²) in [6.07, 6.45) is 2.69. The van der Waals surface area contributed by atoms with Crippen molar-refractivity contribution in [2.75, 3.05) is 21.3 Å². The van der Waals surface area contributed by atoms with Crippen LogP contribution in [0.2, 0.25) is 0 Å². The number of nitrogens with zero attached hydrogens (tertiary/aromatic N) is 3. The van der Waals surface area contributed by atoms with E-state index >= 15 is 4.39 Å². The fraction of sp³-hybridized carbons (Fsp3) is 0.188. The van der Waals surface area contributed by atoms with E-state index in [0.717, 1.165) is 0 Å². The first-order valence-electron chi connectivity index (χ1n) is 13.1. The number of benzene rings is 2. The molecule has 43 heavy (non-hydrogen) atoms. The second-order valence-electron chi connectivity index (χ2n) is 9.59. The Hall–Kier alpha value is -5.16. The van der Waals surface area contributed by atoms with Crippen LogP contribution in [0.4, 0.5) is 8.78 Å². The van der Waals surface area contributed by atoms with E-state index < -0.39 is 22.8 Å². The summed E-state index contributed by atoms with van der Waals surface area (Å²) in [6, 6.07) is 12.7. The van der Waals surface area contributed by atoms with Gasteiger partial charge in [0, 0.05) is 45.1 Å². The second kappa shape index (κ2) is 12.4. The van der Waals surface area contributed by atoms with Gasteiger partial charge >= 0.3 is 0 Å². The molecule has 220 valence electrons.